The van der Waals surface area contributed by atoms with Gasteiger partial charge in [0.15, 0.2) is 0 Å². The molecular weight excluding hydrogens is 196 g/mol. The lowest BCUT2D eigenvalue weighted by Crippen LogP contribution is -1.89. The molecule has 0 aliphatic rings. The van der Waals surface area contributed by atoms with Gasteiger partial charge in [0.2, 0.25) is 0 Å². The number of rotatable bonds is 4. The molecule has 0 N–H and O–H groups in total. The summed E-state index contributed by atoms with van der Waals surface area (Å²) in [6.07, 6.45) is 0. The highest BCUT2D eigenvalue weighted by molar-refractivity contribution is 7.99. The molecule has 0 amide bonds. The molecule has 0 aliphatic heterocycles. The maximum atomic E-state index is 8.09. The minimum Gasteiger partial charge on any atom is -0.247 e. The summed E-state index contributed by atoms with van der Waals surface area (Å²) in [6, 6.07) is 4.07. The van der Waals surface area contributed by atoms with Gasteiger partial charge >= 0.3 is 0 Å². The largest absolute Gasteiger partial charge is 0.247 e. The fourth-order valence-corrected chi connectivity index (χ4v) is 1.97. The van der Waals surface area contributed by atoms with E-state index in [9.17, 15) is 0 Å². The lowest BCUT2D eigenvalue weighted by atomic mass is 10.3. The van der Waals surface area contributed by atoms with Crippen LogP contribution in [-0.4, -0.2) is 17.3 Å². The minimum atomic E-state index is 0.510. The molecule has 0 aliphatic carbocycles. The molecule has 1 rings (SSSR count). The Morgan fingerprint density at radius 2 is 2.29 bits per heavy atom. The van der Waals surface area contributed by atoms with Crippen molar-refractivity contribution in [1.82, 2.24) is 4.98 Å². The number of hydrogen-bond donors (Lipinski definition) is 0. The van der Waals surface area contributed by atoms with Crippen LogP contribution in [0.1, 0.15) is 11.3 Å². The quantitative estimate of drug-likeness (QED) is 0.251. The van der Waals surface area contributed by atoms with Crippen molar-refractivity contribution in [3.63, 3.8) is 0 Å². The Balaban J connectivity index is 2.54. The molecule has 0 aromatic carbocycles. The van der Waals surface area contributed by atoms with Crippen molar-refractivity contribution in [3.8, 4) is 0 Å². The van der Waals surface area contributed by atoms with E-state index in [0.717, 1.165) is 16.5 Å². The van der Waals surface area contributed by atoms with Gasteiger partial charge in [0, 0.05) is 22.9 Å². The first-order valence-corrected chi connectivity index (χ1v) is 5.30. The maximum absolute atomic E-state index is 8.09. The van der Waals surface area contributed by atoms with Crippen LogP contribution in [0.5, 0.6) is 0 Å². The first-order valence-electron chi connectivity index (χ1n) is 4.31. The normalized spacial score (nSPS) is 9.57. The topological polar surface area (TPSA) is 61.7 Å². The summed E-state index contributed by atoms with van der Waals surface area (Å²) in [5, 5.41) is 4.46. The molecule has 74 valence electrons. The van der Waals surface area contributed by atoms with Gasteiger partial charge in [-0.05, 0) is 37.1 Å². The summed E-state index contributed by atoms with van der Waals surface area (Å²) in [6.45, 7) is 4.53. The van der Waals surface area contributed by atoms with Crippen LogP contribution in [0.25, 0.3) is 10.4 Å². The molecule has 0 radical (unpaired) electrons. The molecule has 0 spiro atoms. The number of thioether (sulfide) groups is 1. The first kappa shape index (κ1) is 10.9. The summed E-state index contributed by atoms with van der Waals surface area (Å²) >= 11 is 1.61. The van der Waals surface area contributed by atoms with Crippen LogP contribution in [0.4, 0.5) is 0 Å². The Kier molecular flexibility index (Phi) is 4.29. The van der Waals surface area contributed by atoms with Gasteiger partial charge in [0.1, 0.15) is 0 Å². The molecule has 0 fully saturated rings. The highest BCUT2D eigenvalue weighted by Crippen LogP contribution is 2.17. The third kappa shape index (κ3) is 3.68. The summed E-state index contributed by atoms with van der Waals surface area (Å²) < 4.78 is 0. The van der Waals surface area contributed by atoms with Crippen LogP contribution in [-0.2, 0) is 0 Å². The predicted molar refractivity (Wildman–Crippen MR) is 58.4 cm³/mol. The van der Waals surface area contributed by atoms with Crippen LogP contribution in [0, 0.1) is 13.8 Å². The van der Waals surface area contributed by atoms with Gasteiger partial charge in [-0.1, -0.05) is 5.11 Å². The lowest BCUT2D eigenvalue weighted by molar-refractivity contribution is 1.04. The van der Waals surface area contributed by atoms with E-state index in [0.29, 0.717) is 6.54 Å². The van der Waals surface area contributed by atoms with E-state index < -0.39 is 0 Å². The van der Waals surface area contributed by atoms with Crippen molar-refractivity contribution in [1.29, 1.82) is 0 Å². The molecule has 1 heterocycles. The molecule has 0 bridgehead atoms. The zero-order valence-electron chi connectivity index (χ0n) is 8.27. The van der Waals surface area contributed by atoms with Crippen molar-refractivity contribution in [2.75, 3.05) is 12.3 Å². The second-order valence-electron chi connectivity index (χ2n) is 2.93. The average Bonchev–Trinajstić information content (AvgIpc) is 2.11. The van der Waals surface area contributed by atoms with Crippen LogP contribution < -0.4 is 0 Å². The van der Waals surface area contributed by atoms with Crippen LogP contribution >= 0.6 is 11.8 Å². The molecule has 0 unspecified atom stereocenters. The first-order chi connectivity index (χ1) is 6.72. The van der Waals surface area contributed by atoms with Gasteiger partial charge in [0.05, 0.1) is 5.03 Å². The van der Waals surface area contributed by atoms with E-state index in [1.807, 2.05) is 26.0 Å². The van der Waals surface area contributed by atoms with E-state index in [1.165, 1.54) is 5.56 Å². The molecule has 0 saturated heterocycles. The molecule has 0 atom stereocenters. The average molecular weight is 208 g/mol. The van der Waals surface area contributed by atoms with Gasteiger partial charge in [-0.15, -0.1) is 11.8 Å². The zero-order chi connectivity index (χ0) is 10.4. The summed E-state index contributed by atoms with van der Waals surface area (Å²) in [4.78, 5) is 7.05. The predicted octanol–water partition coefficient (Wildman–Crippen LogP) is 3.10. The summed E-state index contributed by atoms with van der Waals surface area (Å²) in [5.41, 5.74) is 10.3. The summed E-state index contributed by atoms with van der Waals surface area (Å²) in [7, 11) is 0. The third-order valence-electron chi connectivity index (χ3n) is 1.58. The van der Waals surface area contributed by atoms with Gasteiger partial charge < -0.3 is 0 Å². The van der Waals surface area contributed by atoms with E-state index >= 15 is 0 Å². The molecule has 14 heavy (non-hydrogen) atoms. The molecule has 1 aromatic heterocycles. The Morgan fingerprint density at radius 1 is 1.50 bits per heavy atom. The highest BCUT2D eigenvalue weighted by Gasteiger charge is 1.97. The molecule has 5 heteroatoms. The van der Waals surface area contributed by atoms with E-state index in [2.05, 4.69) is 15.0 Å². The van der Waals surface area contributed by atoms with Crippen molar-refractivity contribution < 1.29 is 0 Å². The Bertz CT molecular complexity index is 338. The Morgan fingerprint density at radius 3 is 2.93 bits per heavy atom. The van der Waals surface area contributed by atoms with Gasteiger partial charge in [0.25, 0.3) is 0 Å². The SMILES string of the molecule is Cc1cc(C)nc(SCCN=[N+]=[N-])c1. The number of aromatic nitrogens is 1. The van der Waals surface area contributed by atoms with Crippen LogP contribution in [0.15, 0.2) is 22.3 Å². The number of aryl methyl sites for hydroxylation is 2. The smallest absolute Gasteiger partial charge is 0.0965 e. The number of pyridine rings is 1. The van der Waals surface area contributed by atoms with Gasteiger partial charge in [-0.25, -0.2) is 4.98 Å². The minimum absolute atomic E-state index is 0.510. The summed E-state index contributed by atoms with van der Waals surface area (Å²) in [5.74, 6) is 0.778. The van der Waals surface area contributed by atoms with Crippen molar-refractivity contribution >= 4 is 11.8 Å². The molecule has 4 nitrogen and oxygen atoms in total. The monoisotopic (exact) mass is 208 g/mol. The van der Waals surface area contributed by atoms with Crippen LogP contribution in [0.3, 0.4) is 0 Å². The standard InChI is InChI=1S/C9H12N4S/c1-7-5-8(2)12-9(6-7)14-4-3-11-13-10/h5-6H,3-4H2,1-2H3. The lowest BCUT2D eigenvalue weighted by Gasteiger charge is -2.01. The van der Waals surface area contributed by atoms with E-state index in [1.54, 1.807) is 11.8 Å². The fraction of sp³-hybridized carbons (Fsp3) is 0.444. The van der Waals surface area contributed by atoms with E-state index in [-0.39, 0.29) is 0 Å². The zero-order valence-corrected chi connectivity index (χ0v) is 9.08. The fourth-order valence-electron chi connectivity index (χ4n) is 1.11. The molecule has 1 aromatic rings. The Labute approximate surface area is 87.4 Å². The third-order valence-corrected chi connectivity index (χ3v) is 2.47. The van der Waals surface area contributed by atoms with Crippen molar-refractivity contribution in [2.24, 2.45) is 5.11 Å². The van der Waals surface area contributed by atoms with Crippen LogP contribution in [0.2, 0.25) is 0 Å². The van der Waals surface area contributed by atoms with Crippen molar-refractivity contribution in [2.45, 2.75) is 18.9 Å². The maximum Gasteiger partial charge on any atom is 0.0965 e. The van der Waals surface area contributed by atoms with Crippen molar-refractivity contribution in [3.05, 3.63) is 33.8 Å². The molecular formula is C9H12N4S. The second-order valence-corrected chi connectivity index (χ2v) is 4.04. The Hall–Kier alpha value is -1.19. The number of nitrogens with zero attached hydrogens (tertiary/aromatic N) is 4. The van der Waals surface area contributed by atoms with Gasteiger partial charge in [-0.2, -0.15) is 0 Å². The highest BCUT2D eigenvalue weighted by atomic mass is 32.2. The second kappa shape index (κ2) is 5.52. The number of hydrogen-bond acceptors (Lipinski definition) is 3. The van der Waals surface area contributed by atoms with E-state index in [4.69, 9.17) is 5.53 Å². The number of azide groups is 1. The van der Waals surface area contributed by atoms with Gasteiger partial charge in [-0.3, -0.25) is 0 Å². The molecule has 0 saturated carbocycles.